The van der Waals surface area contributed by atoms with Gasteiger partial charge in [-0.2, -0.15) is 0 Å². The first kappa shape index (κ1) is 23.0. The number of amides is 3. The van der Waals surface area contributed by atoms with Crippen molar-refractivity contribution in [3.63, 3.8) is 0 Å². The van der Waals surface area contributed by atoms with E-state index < -0.39 is 11.8 Å². The first-order chi connectivity index (χ1) is 17.4. The van der Waals surface area contributed by atoms with Crippen LogP contribution in [0.15, 0.2) is 48.9 Å². The van der Waals surface area contributed by atoms with Crippen LogP contribution in [0.3, 0.4) is 0 Å². The lowest BCUT2D eigenvalue weighted by Gasteiger charge is -2.18. The maximum atomic E-state index is 13.5. The normalized spacial score (nSPS) is 12.4. The second-order valence-electron chi connectivity index (χ2n) is 8.26. The Kier molecular flexibility index (Phi) is 6.03. The number of nitrogens with zero attached hydrogens (tertiary/aromatic N) is 2. The van der Waals surface area contributed by atoms with Crippen molar-refractivity contribution in [1.82, 2.24) is 25.6 Å². The highest BCUT2D eigenvalue weighted by atomic mass is 19.1. The van der Waals surface area contributed by atoms with Crippen LogP contribution in [-0.2, 0) is 17.9 Å². The van der Waals surface area contributed by atoms with Gasteiger partial charge in [-0.15, -0.1) is 0 Å². The number of benzene rings is 2. The summed E-state index contributed by atoms with van der Waals surface area (Å²) in [5, 5.41) is 8.29. The van der Waals surface area contributed by atoms with Crippen LogP contribution in [0.25, 0.3) is 11.0 Å². The number of nitrogens with one attached hydrogen (secondary N) is 4. The average molecular weight is 488 g/mol. The zero-order chi connectivity index (χ0) is 25.2. The molecule has 0 aliphatic carbocycles. The number of halogens is 1. The van der Waals surface area contributed by atoms with E-state index in [0.717, 1.165) is 11.1 Å². The Balaban J connectivity index is 1.28. The van der Waals surface area contributed by atoms with Crippen LogP contribution in [0, 0.1) is 12.7 Å². The largest absolute Gasteiger partial charge is 0.482 e. The van der Waals surface area contributed by atoms with Gasteiger partial charge in [0, 0.05) is 19.3 Å². The van der Waals surface area contributed by atoms with Gasteiger partial charge in [-0.3, -0.25) is 14.4 Å². The Labute approximate surface area is 204 Å². The van der Waals surface area contributed by atoms with Gasteiger partial charge in [0.15, 0.2) is 12.3 Å². The van der Waals surface area contributed by atoms with Gasteiger partial charge in [-0.25, -0.2) is 14.4 Å². The number of H-pyrrole nitrogens is 1. The van der Waals surface area contributed by atoms with Crippen molar-refractivity contribution in [1.29, 1.82) is 0 Å². The topological polar surface area (TPSA) is 138 Å². The molecular weight excluding hydrogens is 467 g/mol. The molecular formula is C25H21FN6O4. The molecule has 4 N–H and O–H groups in total. The van der Waals surface area contributed by atoms with E-state index in [1.807, 2.05) is 0 Å². The molecule has 2 aromatic heterocycles. The number of carbonyl (C=O) groups excluding carboxylic acids is 3. The fourth-order valence-corrected chi connectivity index (χ4v) is 3.89. The Morgan fingerprint density at radius 1 is 1.06 bits per heavy atom. The highest BCUT2D eigenvalue weighted by Crippen LogP contribution is 2.28. The molecule has 0 spiro atoms. The van der Waals surface area contributed by atoms with E-state index >= 15 is 0 Å². The molecule has 0 saturated carbocycles. The third kappa shape index (κ3) is 4.58. The number of aromatic nitrogens is 3. The van der Waals surface area contributed by atoms with Gasteiger partial charge in [0.2, 0.25) is 0 Å². The Hall–Kier alpha value is -4.80. The minimum absolute atomic E-state index is 0.0329. The smallest absolute Gasteiger partial charge is 0.272 e. The van der Waals surface area contributed by atoms with E-state index in [1.54, 1.807) is 37.3 Å². The third-order valence-corrected chi connectivity index (χ3v) is 5.73. The van der Waals surface area contributed by atoms with Crippen molar-refractivity contribution >= 4 is 34.4 Å². The van der Waals surface area contributed by atoms with E-state index in [9.17, 15) is 18.8 Å². The summed E-state index contributed by atoms with van der Waals surface area (Å²) in [6.45, 7) is 2.01. The SMILES string of the molecule is Cc1cc(CNC(=O)c2c[nH]c3c(C(=O)NCc4ccc5c(c4)NC(=O)CO5)ncnc23)ccc1F. The number of hydrogen-bond donors (Lipinski definition) is 4. The summed E-state index contributed by atoms with van der Waals surface area (Å²) in [5.41, 5.74) is 3.50. The van der Waals surface area contributed by atoms with Gasteiger partial charge in [0.05, 0.1) is 16.8 Å². The standard InChI is InChI=1S/C25H21FN6O4/c1-13-6-14(2-4-17(13)26)8-28-24(34)16-10-27-22-21(16)30-12-31-23(22)25(35)29-9-15-3-5-19-18(7-15)32-20(33)11-36-19/h2-7,10,12,27H,8-9,11H2,1H3,(H,28,34)(H,29,35)(H,32,33). The van der Waals surface area contributed by atoms with E-state index in [-0.39, 0.29) is 42.7 Å². The summed E-state index contributed by atoms with van der Waals surface area (Å²) in [7, 11) is 0. The summed E-state index contributed by atoms with van der Waals surface area (Å²) in [6.07, 6.45) is 2.69. The highest BCUT2D eigenvalue weighted by Gasteiger charge is 2.20. The van der Waals surface area contributed by atoms with Gasteiger partial charge >= 0.3 is 0 Å². The van der Waals surface area contributed by atoms with E-state index in [1.165, 1.54) is 18.6 Å². The van der Waals surface area contributed by atoms with Gasteiger partial charge in [0.25, 0.3) is 17.7 Å². The number of aromatic amines is 1. The summed E-state index contributed by atoms with van der Waals surface area (Å²) < 4.78 is 18.8. The molecule has 0 saturated heterocycles. The molecule has 36 heavy (non-hydrogen) atoms. The maximum Gasteiger partial charge on any atom is 0.272 e. The third-order valence-electron chi connectivity index (χ3n) is 5.73. The van der Waals surface area contributed by atoms with Gasteiger partial charge in [0.1, 0.15) is 23.4 Å². The van der Waals surface area contributed by atoms with Gasteiger partial charge in [-0.1, -0.05) is 18.2 Å². The lowest BCUT2D eigenvalue weighted by atomic mass is 10.1. The number of aryl methyl sites for hydroxylation is 1. The van der Waals surface area contributed by atoms with Crippen LogP contribution in [0.1, 0.15) is 37.5 Å². The van der Waals surface area contributed by atoms with Crippen molar-refractivity contribution in [3.8, 4) is 5.75 Å². The summed E-state index contributed by atoms with van der Waals surface area (Å²) in [4.78, 5) is 48.4. The van der Waals surface area contributed by atoms with Crippen molar-refractivity contribution in [3.05, 3.63) is 82.7 Å². The molecule has 5 rings (SSSR count). The predicted octanol–water partition coefficient (Wildman–Crippen LogP) is 2.60. The molecule has 2 aromatic carbocycles. The van der Waals surface area contributed by atoms with Crippen LogP contribution < -0.4 is 20.7 Å². The Morgan fingerprint density at radius 2 is 1.81 bits per heavy atom. The predicted molar refractivity (Wildman–Crippen MR) is 128 cm³/mol. The van der Waals surface area contributed by atoms with Crippen molar-refractivity contribution < 1.29 is 23.5 Å². The fourth-order valence-electron chi connectivity index (χ4n) is 3.89. The number of ether oxygens (including phenoxy) is 1. The number of anilines is 1. The average Bonchev–Trinajstić information content (AvgIpc) is 3.32. The molecule has 1 aliphatic heterocycles. The van der Waals surface area contributed by atoms with E-state index in [4.69, 9.17) is 4.74 Å². The quantitative estimate of drug-likeness (QED) is 0.329. The Bertz CT molecular complexity index is 1520. The van der Waals surface area contributed by atoms with Crippen LogP contribution in [0.2, 0.25) is 0 Å². The second kappa shape index (κ2) is 9.45. The molecule has 3 amide bonds. The molecule has 182 valence electrons. The first-order valence-corrected chi connectivity index (χ1v) is 11.1. The summed E-state index contributed by atoms with van der Waals surface area (Å²) in [6, 6.07) is 9.86. The zero-order valence-electron chi connectivity index (χ0n) is 19.1. The molecule has 0 radical (unpaired) electrons. The molecule has 0 fully saturated rings. The lowest BCUT2D eigenvalue weighted by molar-refractivity contribution is -0.118. The first-order valence-electron chi connectivity index (χ1n) is 11.1. The molecule has 1 aliphatic rings. The van der Waals surface area contributed by atoms with Crippen molar-refractivity contribution in [2.45, 2.75) is 20.0 Å². The Morgan fingerprint density at radius 3 is 2.61 bits per heavy atom. The maximum absolute atomic E-state index is 13.5. The molecule has 0 atom stereocenters. The van der Waals surface area contributed by atoms with Gasteiger partial charge in [-0.05, 0) is 41.8 Å². The number of rotatable bonds is 6. The molecule has 4 aromatic rings. The lowest BCUT2D eigenvalue weighted by Crippen LogP contribution is -2.26. The molecule has 0 bridgehead atoms. The molecule has 0 unspecified atom stereocenters. The second-order valence-corrected chi connectivity index (χ2v) is 8.26. The number of carbonyl (C=O) groups is 3. The van der Waals surface area contributed by atoms with Crippen LogP contribution in [-0.4, -0.2) is 39.3 Å². The van der Waals surface area contributed by atoms with Crippen LogP contribution >= 0.6 is 0 Å². The molecule has 3 heterocycles. The summed E-state index contributed by atoms with van der Waals surface area (Å²) >= 11 is 0. The van der Waals surface area contributed by atoms with Gasteiger partial charge < -0.3 is 25.7 Å². The van der Waals surface area contributed by atoms with Crippen LogP contribution in [0.4, 0.5) is 10.1 Å². The van der Waals surface area contributed by atoms with Crippen LogP contribution in [0.5, 0.6) is 5.75 Å². The van der Waals surface area contributed by atoms with E-state index in [0.29, 0.717) is 28.0 Å². The van der Waals surface area contributed by atoms with Crippen molar-refractivity contribution in [2.24, 2.45) is 0 Å². The monoisotopic (exact) mass is 488 g/mol. The fraction of sp³-hybridized carbons (Fsp3) is 0.160. The molecule has 11 heteroatoms. The number of fused-ring (bicyclic) bond motifs is 2. The minimum Gasteiger partial charge on any atom is -0.482 e. The minimum atomic E-state index is -0.462. The van der Waals surface area contributed by atoms with E-state index in [2.05, 4.69) is 30.9 Å². The van der Waals surface area contributed by atoms with Crippen molar-refractivity contribution in [2.75, 3.05) is 11.9 Å². The zero-order valence-corrected chi connectivity index (χ0v) is 19.1. The summed E-state index contributed by atoms with van der Waals surface area (Å²) in [5.74, 6) is -0.848. The molecule has 10 nitrogen and oxygen atoms in total. The number of hydrogen-bond acceptors (Lipinski definition) is 6. The highest BCUT2D eigenvalue weighted by molar-refractivity contribution is 6.10.